The van der Waals surface area contributed by atoms with Crippen molar-refractivity contribution in [1.29, 1.82) is 0 Å². The van der Waals surface area contributed by atoms with Crippen LogP contribution in [0.4, 0.5) is 4.79 Å². The van der Waals surface area contributed by atoms with Gasteiger partial charge in [0.25, 0.3) is 0 Å². The van der Waals surface area contributed by atoms with Crippen LogP contribution in [-0.4, -0.2) is 94.7 Å². The van der Waals surface area contributed by atoms with Crippen LogP contribution in [0.2, 0.25) is 0 Å². The van der Waals surface area contributed by atoms with Gasteiger partial charge in [0.15, 0.2) is 0 Å². The molecule has 2 N–H and O–H groups in total. The van der Waals surface area contributed by atoms with Crippen LogP contribution in [0.3, 0.4) is 0 Å². The van der Waals surface area contributed by atoms with E-state index < -0.39 is 11.9 Å². The number of rotatable bonds is 7. The molecular weight excluding hydrogens is 518 g/mol. The molecule has 2 saturated heterocycles. The highest BCUT2D eigenvalue weighted by atomic mass is 16.6. The van der Waals surface area contributed by atoms with Crippen LogP contribution in [0.15, 0.2) is 54.6 Å². The molecule has 11 heteroatoms. The zero-order chi connectivity index (χ0) is 28.9. The molecule has 0 atom stereocenters. The van der Waals surface area contributed by atoms with Gasteiger partial charge in [-0.05, 0) is 56.1 Å². The maximum atomic E-state index is 13.0. The van der Waals surface area contributed by atoms with Gasteiger partial charge >= 0.3 is 18.0 Å². The fraction of sp³-hybridized carbons (Fsp3) is 0.448. The van der Waals surface area contributed by atoms with Crippen molar-refractivity contribution in [3.63, 3.8) is 0 Å². The van der Waals surface area contributed by atoms with Crippen LogP contribution < -0.4 is 4.74 Å². The van der Waals surface area contributed by atoms with E-state index in [9.17, 15) is 9.59 Å². The highest BCUT2D eigenvalue weighted by Gasteiger charge is 2.31. The van der Waals surface area contributed by atoms with E-state index in [1.165, 1.54) is 5.56 Å². The number of piperidine rings is 1. The number of likely N-dealkylation sites (tertiary alicyclic amines) is 1. The number of amides is 2. The van der Waals surface area contributed by atoms with E-state index in [2.05, 4.69) is 29.2 Å². The predicted molar refractivity (Wildman–Crippen MR) is 146 cm³/mol. The summed E-state index contributed by atoms with van der Waals surface area (Å²) >= 11 is 0. The molecule has 2 aromatic carbocycles. The number of hydrogen-bond acceptors (Lipinski definition) is 7. The lowest BCUT2D eigenvalue weighted by molar-refractivity contribution is -0.159. The van der Waals surface area contributed by atoms with Gasteiger partial charge in [-0.25, -0.2) is 14.4 Å². The molecule has 2 aliphatic heterocycles. The van der Waals surface area contributed by atoms with E-state index in [-0.39, 0.29) is 17.9 Å². The van der Waals surface area contributed by atoms with Gasteiger partial charge in [-0.3, -0.25) is 9.69 Å². The van der Waals surface area contributed by atoms with Crippen molar-refractivity contribution in [3.05, 3.63) is 65.7 Å². The summed E-state index contributed by atoms with van der Waals surface area (Å²) in [6.45, 7) is 7.71. The second-order valence-corrected chi connectivity index (χ2v) is 9.59. The number of nitrogens with zero attached hydrogens (tertiary/aromatic N) is 3. The maximum absolute atomic E-state index is 13.0. The van der Waals surface area contributed by atoms with E-state index in [1.807, 2.05) is 35.2 Å². The number of carbonyl (C=O) groups is 4. The highest BCUT2D eigenvalue weighted by molar-refractivity contribution is 6.27. The molecule has 0 saturated carbocycles. The Balaban J connectivity index is 0.000000663. The molecule has 2 heterocycles. The van der Waals surface area contributed by atoms with Crippen molar-refractivity contribution >= 4 is 23.9 Å². The third kappa shape index (κ3) is 9.57. The third-order valence-electron chi connectivity index (χ3n) is 6.79. The summed E-state index contributed by atoms with van der Waals surface area (Å²) in [5, 5.41) is 14.8. The number of ether oxygens (including phenoxy) is 2. The number of aliphatic carboxylic acids is 2. The topological polar surface area (TPSA) is 137 Å². The van der Waals surface area contributed by atoms with Gasteiger partial charge in [-0.2, -0.15) is 0 Å². The van der Waals surface area contributed by atoms with Crippen LogP contribution in [0.25, 0.3) is 0 Å². The summed E-state index contributed by atoms with van der Waals surface area (Å²) in [6, 6.07) is 18.5. The Hall–Kier alpha value is -4.12. The lowest BCUT2D eigenvalue weighted by Gasteiger charge is -2.38. The SMILES string of the molecule is CCOC(=O)N1CCN(C(=O)C2CCN(Cc3cccc(OCc4ccccc4)c3)CC2)CC1.O=C(O)C(=O)O. The van der Waals surface area contributed by atoms with Gasteiger partial charge in [0.05, 0.1) is 6.61 Å². The quantitative estimate of drug-likeness (QED) is 0.494. The fourth-order valence-electron chi connectivity index (χ4n) is 4.65. The van der Waals surface area contributed by atoms with Gasteiger partial charge in [0, 0.05) is 38.6 Å². The van der Waals surface area contributed by atoms with Gasteiger partial charge in [-0.15, -0.1) is 0 Å². The fourth-order valence-corrected chi connectivity index (χ4v) is 4.65. The first kappa shape index (κ1) is 30.4. The van der Waals surface area contributed by atoms with Crippen molar-refractivity contribution in [3.8, 4) is 5.75 Å². The molecule has 2 amide bonds. The van der Waals surface area contributed by atoms with Crippen molar-refractivity contribution in [1.82, 2.24) is 14.7 Å². The normalized spacial score (nSPS) is 15.9. The molecule has 2 aliphatic rings. The number of piperazine rings is 1. The van der Waals surface area contributed by atoms with Crippen LogP contribution >= 0.6 is 0 Å². The van der Waals surface area contributed by atoms with Gasteiger partial charge in [-0.1, -0.05) is 42.5 Å². The van der Waals surface area contributed by atoms with Crippen molar-refractivity contribution in [2.45, 2.75) is 32.9 Å². The Labute approximate surface area is 233 Å². The molecule has 2 fully saturated rings. The summed E-state index contributed by atoms with van der Waals surface area (Å²) < 4.78 is 11.0. The van der Waals surface area contributed by atoms with E-state index in [0.29, 0.717) is 39.4 Å². The van der Waals surface area contributed by atoms with Crippen LogP contribution in [0.1, 0.15) is 30.9 Å². The number of benzene rings is 2. The zero-order valence-corrected chi connectivity index (χ0v) is 22.7. The smallest absolute Gasteiger partial charge is 0.414 e. The molecule has 0 unspecified atom stereocenters. The number of carbonyl (C=O) groups excluding carboxylic acids is 2. The van der Waals surface area contributed by atoms with E-state index in [1.54, 1.807) is 11.8 Å². The lowest BCUT2D eigenvalue weighted by Crippen LogP contribution is -2.53. The summed E-state index contributed by atoms with van der Waals surface area (Å²) in [5.74, 6) is -2.45. The predicted octanol–water partition coefficient (Wildman–Crippen LogP) is 2.93. The summed E-state index contributed by atoms with van der Waals surface area (Å²) in [6.07, 6.45) is 1.47. The molecule has 4 rings (SSSR count). The van der Waals surface area contributed by atoms with Crippen molar-refractivity contribution < 1.29 is 38.9 Å². The van der Waals surface area contributed by atoms with Crippen LogP contribution in [0.5, 0.6) is 5.75 Å². The standard InChI is InChI=1S/C27H35N3O4.C2H2O4/c1-2-33-27(32)30-17-15-29(16-18-30)26(31)24-11-13-28(14-12-24)20-23-9-6-10-25(19-23)34-21-22-7-4-3-5-8-22;3-1(4)2(5)6/h3-10,19,24H,2,11-18,20-21H2,1H3;(H,3,4)(H,5,6). The Kier molecular flexibility index (Phi) is 11.8. The first-order chi connectivity index (χ1) is 19.3. The molecule has 0 spiro atoms. The number of hydrogen-bond donors (Lipinski definition) is 2. The van der Waals surface area contributed by atoms with Crippen molar-refractivity contribution in [2.24, 2.45) is 5.92 Å². The Morgan fingerprint density at radius 1 is 0.800 bits per heavy atom. The first-order valence-corrected chi connectivity index (χ1v) is 13.4. The van der Waals surface area contributed by atoms with E-state index in [4.69, 9.17) is 29.3 Å². The van der Waals surface area contributed by atoms with Gasteiger partial charge in [0.1, 0.15) is 12.4 Å². The van der Waals surface area contributed by atoms with Crippen molar-refractivity contribution in [2.75, 3.05) is 45.9 Å². The molecule has 11 nitrogen and oxygen atoms in total. The summed E-state index contributed by atoms with van der Waals surface area (Å²) in [7, 11) is 0. The minimum atomic E-state index is -1.82. The number of carboxylic acids is 2. The van der Waals surface area contributed by atoms with Crippen LogP contribution in [0, 0.1) is 5.92 Å². The van der Waals surface area contributed by atoms with Gasteiger partial charge in [0.2, 0.25) is 5.91 Å². The van der Waals surface area contributed by atoms with Crippen LogP contribution in [-0.2, 0) is 32.3 Å². The first-order valence-electron chi connectivity index (χ1n) is 13.4. The van der Waals surface area contributed by atoms with E-state index in [0.717, 1.165) is 43.8 Å². The minimum Gasteiger partial charge on any atom is -0.489 e. The largest absolute Gasteiger partial charge is 0.489 e. The highest BCUT2D eigenvalue weighted by Crippen LogP contribution is 2.23. The molecule has 0 bridgehead atoms. The molecular formula is C29H37N3O8. The molecule has 40 heavy (non-hydrogen) atoms. The average Bonchev–Trinajstić information content (AvgIpc) is 2.97. The minimum absolute atomic E-state index is 0.0749. The Morgan fingerprint density at radius 2 is 1.40 bits per heavy atom. The zero-order valence-electron chi connectivity index (χ0n) is 22.7. The molecule has 2 aromatic rings. The second kappa shape index (κ2) is 15.5. The summed E-state index contributed by atoms with van der Waals surface area (Å²) in [5.41, 5.74) is 2.38. The second-order valence-electron chi connectivity index (χ2n) is 9.59. The average molecular weight is 556 g/mol. The molecule has 0 radical (unpaired) electrons. The monoisotopic (exact) mass is 555 g/mol. The maximum Gasteiger partial charge on any atom is 0.414 e. The van der Waals surface area contributed by atoms with Gasteiger partial charge < -0.3 is 29.5 Å². The third-order valence-corrected chi connectivity index (χ3v) is 6.79. The Morgan fingerprint density at radius 3 is 2.00 bits per heavy atom. The number of carboxylic acid groups (broad SMARTS) is 2. The Bertz CT molecular complexity index is 1120. The summed E-state index contributed by atoms with van der Waals surface area (Å²) in [4.78, 5) is 49.1. The molecule has 0 aromatic heterocycles. The molecule has 216 valence electrons. The lowest BCUT2D eigenvalue weighted by atomic mass is 9.94. The molecule has 0 aliphatic carbocycles. The van der Waals surface area contributed by atoms with E-state index >= 15 is 0 Å².